The van der Waals surface area contributed by atoms with Gasteiger partial charge in [-0.2, -0.15) is 26.3 Å². The molecule has 0 radical (unpaired) electrons. The molecule has 0 N–H and O–H groups in total. The van der Waals surface area contributed by atoms with Gasteiger partial charge < -0.3 is 9.47 Å². The number of hydrogen-bond donors (Lipinski definition) is 0. The van der Waals surface area contributed by atoms with Crippen molar-refractivity contribution in [2.45, 2.75) is 58.0 Å². The van der Waals surface area contributed by atoms with E-state index in [1.807, 2.05) is 0 Å². The van der Waals surface area contributed by atoms with Crippen LogP contribution in [-0.4, -0.2) is 53.0 Å². The van der Waals surface area contributed by atoms with E-state index in [9.17, 15) is 43.9 Å². The van der Waals surface area contributed by atoms with Crippen LogP contribution >= 0.6 is 0 Å². The average molecular weight is 558 g/mol. The van der Waals surface area contributed by atoms with Gasteiger partial charge in [-0.1, -0.05) is 13.0 Å². The molecule has 2 heterocycles. The smallest absolute Gasteiger partial charge is 0.335 e. The van der Waals surface area contributed by atoms with Crippen molar-refractivity contribution in [1.82, 2.24) is 14.5 Å². The predicted octanol–water partition coefficient (Wildman–Crippen LogP) is 4.73. The van der Waals surface area contributed by atoms with Crippen molar-refractivity contribution >= 4 is 15.7 Å². The number of halogens is 7. The highest BCUT2D eigenvalue weighted by molar-refractivity contribution is 7.91. The molecule has 0 aliphatic carbocycles. The van der Waals surface area contributed by atoms with Gasteiger partial charge in [0.05, 0.1) is 35.4 Å². The van der Waals surface area contributed by atoms with Crippen LogP contribution in [0.1, 0.15) is 49.0 Å². The quantitative estimate of drug-likeness (QED) is 0.440. The number of imidazole rings is 1. The Kier molecular flexibility index (Phi) is 8.30. The van der Waals surface area contributed by atoms with E-state index < -0.39 is 63.6 Å². The molecule has 14 heteroatoms. The molecule has 2 atom stereocenters. The summed E-state index contributed by atoms with van der Waals surface area (Å²) in [7, 11) is -3.54. The first-order chi connectivity index (χ1) is 17.0. The monoisotopic (exact) mass is 557 g/mol. The van der Waals surface area contributed by atoms with Crippen molar-refractivity contribution in [3.05, 3.63) is 52.9 Å². The van der Waals surface area contributed by atoms with Gasteiger partial charge in [0.15, 0.2) is 9.84 Å². The standard InChI is InChI=1S/C23H26F7N3O3S/c1-3-37(35,36)9-8-33(21(34)11-15-4-5-18(24)17(10-15)23(28,29)30)14(2)19-13-32-7-6-16(22(25,26)27)12-20(32)31-19/h4-5,10,13-14,16H,3,6-9,11-12H2,1-2H3. The summed E-state index contributed by atoms with van der Waals surface area (Å²) in [6.45, 7) is 2.69. The number of nitrogens with zero attached hydrogens (tertiary/aromatic N) is 3. The molecule has 3 rings (SSSR count). The van der Waals surface area contributed by atoms with Crippen LogP contribution in [-0.2, 0) is 40.2 Å². The predicted molar refractivity (Wildman–Crippen MR) is 120 cm³/mol. The van der Waals surface area contributed by atoms with E-state index in [0.29, 0.717) is 12.1 Å². The molecule has 0 saturated heterocycles. The highest BCUT2D eigenvalue weighted by atomic mass is 32.2. The zero-order chi connectivity index (χ0) is 27.8. The number of sulfone groups is 1. The number of fused-ring (bicyclic) bond motifs is 1. The van der Waals surface area contributed by atoms with Crippen molar-refractivity contribution in [2.24, 2.45) is 5.92 Å². The second kappa shape index (κ2) is 10.6. The molecule has 0 saturated carbocycles. The van der Waals surface area contributed by atoms with Gasteiger partial charge >= 0.3 is 12.4 Å². The molecule has 2 unspecified atom stereocenters. The zero-order valence-electron chi connectivity index (χ0n) is 20.0. The maximum Gasteiger partial charge on any atom is 0.419 e. The highest BCUT2D eigenvalue weighted by Gasteiger charge is 2.42. The Morgan fingerprint density at radius 1 is 1.22 bits per heavy atom. The maximum absolute atomic E-state index is 13.7. The number of aromatic nitrogens is 2. The molecule has 0 fully saturated rings. The lowest BCUT2D eigenvalue weighted by Gasteiger charge is -2.28. The van der Waals surface area contributed by atoms with Crippen LogP contribution in [0.25, 0.3) is 0 Å². The van der Waals surface area contributed by atoms with Crippen LogP contribution in [0.5, 0.6) is 0 Å². The van der Waals surface area contributed by atoms with Crippen LogP contribution in [0.15, 0.2) is 24.4 Å². The summed E-state index contributed by atoms with van der Waals surface area (Å²) in [5.74, 6) is -4.24. The Labute approximate surface area is 209 Å². The summed E-state index contributed by atoms with van der Waals surface area (Å²) in [6, 6.07) is 1.26. The first-order valence-electron chi connectivity index (χ1n) is 11.5. The molecule has 37 heavy (non-hydrogen) atoms. The molecule has 206 valence electrons. The normalized spacial score (nSPS) is 17.4. The minimum Gasteiger partial charge on any atom is -0.335 e. The van der Waals surface area contributed by atoms with E-state index in [4.69, 9.17) is 0 Å². The Morgan fingerprint density at radius 2 is 1.89 bits per heavy atom. The van der Waals surface area contributed by atoms with Crippen LogP contribution < -0.4 is 0 Å². The van der Waals surface area contributed by atoms with Gasteiger partial charge in [-0.05, 0) is 31.0 Å². The SMILES string of the molecule is CCS(=O)(=O)CCN(C(=O)Cc1ccc(F)c(C(F)(F)F)c1)C(C)c1cn2c(n1)CC(C(F)(F)F)CC2. The van der Waals surface area contributed by atoms with Crippen LogP contribution in [0.2, 0.25) is 0 Å². The Balaban J connectivity index is 1.88. The maximum atomic E-state index is 13.7. The summed E-state index contributed by atoms with van der Waals surface area (Å²) < 4.78 is 118. The molecule has 1 aliphatic heterocycles. The molecule has 6 nitrogen and oxygen atoms in total. The van der Waals surface area contributed by atoms with Gasteiger partial charge in [-0.3, -0.25) is 4.79 Å². The van der Waals surface area contributed by atoms with E-state index in [2.05, 4.69) is 4.98 Å². The lowest BCUT2D eigenvalue weighted by atomic mass is 9.97. The highest BCUT2D eigenvalue weighted by Crippen LogP contribution is 2.36. The third-order valence-corrected chi connectivity index (χ3v) is 8.16. The van der Waals surface area contributed by atoms with Crippen molar-refractivity contribution in [1.29, 1.82) is 0 Å². The van der Waals surface area contributed by atoms with Crippen molar-refractivity contribution in [3.63, 3.8) is 0 Å². The van der Waals surface area contributed by atoms with Gasteiger partial charge in [0.1, 0.15) is 11.6 Å². The molecule has 1 aliphatic rings. The van der Waals surface area contributed by atoms with Gasteiger partial charge in [-0.25, -0.2) is 17.8 Å². The fraction of sp³-hybridized carbons (Fsp3) is 0.565. The number of amides is 1. The first-order valence-corrected chi connectivity index (χ1v) is 13.3. The van der Waals surface area contributed by atoms with Crippen molar-refractivity contribution in [3.8, 4) is 0 Å². The van der Waals surface area contributed by atoms with E-state index in [1.54, 1.807) is 4.57 Å². The zero-order valence-corrected chi connectivity index (χ0v) is 20.9. The summed E-state index contributed by atoms with van der Waals surface area (Å²) >= 11 is 0. The molecular formula is C23H26F7N3O3S. The van der Waals surface area contributed by atoms with Crippen molar-refractivity contribution < 1.29 is 43.9 Å². The third kappa shape index (κ3) is 7.02. The van der Waals surface area contributed by atoms with Crippen LogP contribution in [0, 0.1) is 11.7 Å². The molecule has 1 aromatic heterocycles. The summed E-state index contributed by atoms with van der Waals surface area (Å²) in [5.41, 5.74) is -1.44. The van der Waals surface area contributed by atoms with E-state index in [-0.39, 0.29) is 48.8 Å². The molecule has 0 spiro atoms. The molecular weight excluding hydrogens is 531 g/mol. The third-order valence-electron chi connectivity index (χ3n) is 6.48. The van der Waals surface area contributed by atoms with E-state index >= 15 is 0 Å². The fourth-order valence-corrected chi connectivity index (χ4v) is 4.95. The topological polar surface area (TPSA) is 72.3 Å². The number of hydrogen-bond acceptors (Lipinski definition) is 4. The van der Waals surface area contributed by atoms with Gasteiger partial charge in [0.2, 0.25) is 5.91 Å². The lowest BCUT2D eigenvalue weighted by Crippen LogP contribution is -2.38. The number of carbonyl (C=O) groups is 1. The number of alkyl halides is 6. The Bertz CT molecular complexity index is 1240. The number of aryl methyl sites for hydroxylation is 1. The largest absolute Gasteiger partial charge is 0.419 e. The molecule has 1 aromatic carbocycles. The van der Waals surface area contributed by atoms with Gasteiger partial charge in [0, 0.05) is 31.5 Å². The fourth-order valence-electron chi connectivity index (χ4n) is 4.18. The number of rotatable bonds is 8. The Hall–Kier alpha value is -2.64. The first kappa shape index (κ1) is 28.9. The minimum absolute atomic E-state index is 0.0627. The lowest BCUT2D eigenvalue weighted by molar-refractivity contribution is -0.179. The minimum atomic E-state index is -4.98. The summed E-state index contributed by atoms with van der Waals surface area (Å²) in [5, 5.41) is 0. The Morgan fingerprint density at radius 3 is 2.49 bits per heavy atom. The number of carbonyl (C=O) groups excluding carboxylic acids is 1. The molecule has 2 aromatic rings. The molecule has 1 amide bonds. The van der Waals surface area contributed by atoms with Crippen molar-refractivity contribution in [2.75, 3.05) is 18.1 Å². The second-order valence-electron chi connectivity index (χ2n) is 8.99. The molecule has 0 bridgehead atoms. The van der Waals surface area contributed by atoms with Gasteiger partial charge in [0.25, 0.3) is 0 Å². The summed E-state index contributed by atoms with van der Waals surface area (Å²) in [4.78, 5) is 18.6. The average Bonchev–Trinajstić information content (AvgIpc) is 3.22. The second-order valence-corrected chi connectivity index (χ2v) is 11.5. The van der Waals surface area contributed by atoms with E-state index in [0.717, 1.165) is 11.0 Å². The van der Waals surface area contributed by atoms with Crippen LogP contribution in [0.3, 0.4) is 0 Å². The van der Waals surface area contributed by atoms with Crippen LogP contribution in [0.4, 0.5) is 30.7 Å². The van der Waals surface area contributed by atoms with E-state index in [1.165, 1.54) is 20.0 Å². The summed E-state index contributed by atoms with van der Waals surface area (Å²) in [6.07, 6.45) is -8.92. The number of benzene rings is 1. The van der Waals surface area contributed by atoms with Gasteiger partial charge in [-0.15, -0.1) is 0 Å².